The number of phenols is 1. The molecule has 0 heterocycles. The van der Waals surface area contributed by atoms with Crippen LogP contribution < -0.4 is 0 Å². The molecule has 1 saturated carbocycles. The molecule has 1 fully saturated rings. The van der Waals surface area contributed by atoms with Crippen molar-refractivity contribution in [1.82, 2.24) is 0 Å². The first-order valence-corrected chi connectivity index (χ1v) is 6.48. The van der Waals surface area contributed by atoms with Crippen LogP contribution in [0.3, 0.4) is 0 Å². The van der Waals surface area contributed by atoms with Crippen molar-refractivity contribution < 1.29 is 19.8 Å². The number of hydrogen-bond donors (Lipinski definition) is 2. The number of carbonyl (C=O) groups is 2. The summed E-state index contributed by atoms with van der Waals surface area (Å²) < 4.78 is 0. The third-order valence-electron chi connectivity index (χ3n) is 3.84. The topological polar surface area (TPSA) is 74.6 Å². The fourth-order valence-corrected chi connectivity index (χ4v) is 2.63. The van der Waals surface area contributed by atoms with Gasteiger partial charge in [-0.15, -0.1) is 0 Å². The fourth-order valence-electron chi connectivity index (χ4n) is 2.63. The SMILES string of the molecule is CC(=O)c1ccc([C@H](C2CC2)[C@H](C)C(=O)O)cc1O. The molecule has 0 aliphatic heterocycles. The number of hydrogen-bond acceptors (Lipinski definition) is 3. The Bertz CT molecular complexity index is 517. The molecule has 1 aromatic carbocycles. The lowest BCUT2D eigenvalue weighted by atomic mass is 9.83. The van der Waals surface area contributed by atoms with Gasteiger partial charge in [-0.3, -0.25) is 9.59 Å². The highest BCUT2D eigenvalue weighted by atomic mass is 16.4. The maximum Gasteiger partial charge on any atom is 0.306 e. The standard InChI is InChI=1S/C15H18O4/c1-8(15(18)19)14(10-3-4-10)11-5-6-12(9(2)16)13(17)7-11/h5-8,10,14,17H,3-4H2,1-2H3,(H,18,19)/t8-,14-/m0/s1. The van der Waals surface area contributed by atoms with E-state index < -0.39 is 11.9 Å². The monoisotopic (exact) mass is 262 g/mol. The Kier molecular flexibility index (Phi) is 3.60. The third-order valence-corrected chi connectivity index (χ3v) is 3.84. The highest BCUT2D eigenvalue weighted by Crippen LogP contribution is 2.47. The average molecular weight is 262 g/mol. The van der Waals surface area contributed by atoms with Crippen molar-refractivity contribution >= 4 is 11.8 Å². The van der Waals surface area contributed by atoms with Crippen molar-refractivity contribution in [3.05, 3.63) is 29.3 Å². The van der Waals surface area contributed by atoms with Gasteiger partial charge in [0, 0.05) is 0 Å². The zero-order chi connectivity index (χ0) is 14.2. The van der Waals surface area contributed by atoms with Crippen LogP contribution in [-0.2, 0) is 4.79 Å². The molecule has 1 aromatic rings. The molecule has 0 saturated heterocycles. The fraction of sp³-hybridized carbons (Fsp3) is 0.467. The van der Waals surface area contributed by atoms with Crippen LogP contribution in [0.15, 0.2) is 18.2 Å². The Labute approximate surface area is 112 Å². The maximum absolute atomic E-state index is 11.3. The quantitative estimate of drug-likeness (QED) is 0.800. The van der Waals surface area contributed by atoms with Gasteiger partial charge in [-0.2, -0.15) is 0 Å². The van der Waals surface area contributed by atoms with Crippen LogP contribution in [0.1, 0.15) is 48.5 Å². The molecule has 0 aromatic heterocycles. The first kappa shape index (κ1) is 13.6. The Hall–Kier alpha value is -1.84. The van der Waals surface area contributed by atoms with E-state index in [0.29, 0.717) is 5.92 Å². The van der Waals surface area contributed by atoms with E-state index in [2.05, 4.69) is 0 Å². The highest BCUT2D eigenvalue weighted by molar-refractivity contribution is 5.96. The van der Waals surface area contributed by atoms with Crippen molar-refractivity contribution in [3.63, 3.8) is 0 Å². The van der Waals surface area contributed by atoms with Gasteiger partial charge in [0.1, 0.15) is 5.75 Å². The van der Waals surface area contributed by atoms with Gasteiger partial charge < -0.3 is 10.2 Å². The highest BCUT2D eigenvalue weighted by Gasteiger charge is 2.38. The number of carboxylic acid groups (broad SMARTS) is 1. The molecule has 2 rings (SSSR count). The molecule has 4 heteroatoms. The van der Waals surface area contributed by atoms with Crippen LogP contribution in [0, 0.1) is 11.8 Å². The van der Waals surface area contributed by atoms with Gasteiger partial charge in [-0.05, 0) is 49.3 Å². The second-order valence-corrected chi connectivity index (χ2v) is 5.32. The minimum Gasteiger partial charge on any atom is -0.507 e. The van der Waals surface area contributed by atoms with Gasteiger partial charge >= 0.3 is 5.97 Å². The first-order valence-electron chi connectivity index (χ1n) is 6.48. The Morgan fingerprint density at radius 1 is 1.32 bits per heavy atom. The number of rotatable bonds is 5. The van der Waals surface area contributed by atoms with E-state index in [1.807, 2.05) is 0 Å². The van der Waals surface area contributed by atoms with Crippen molar-refractivity contribution in [2.75, 3.05) is 0 Å². The molecule has 0 spiro atoms. The smallest absolute Gasteiger partial charge is 0.306 e. The van der Waals surface area contributed by atoms with Gasteiger partial charge in [0.05, 0.1) is 11.5 Å². The summed E-state index contributed by atoms with van der Waals surface area (Å²) in [5.41, 5.74) is 1.08. The van der Waals surface area contributed by atoms with E-state index in [1.54, 1.807) is 25.1 Å². The van der Waals surface area contributed by atoms with E-state index in [4.69, 9.17) is 0 Å². The second kappa shape index (κ2) is 5.03. The molecule has 19 heavy (non-hydrogen) atoms. The number of aliphatic carboxylic acids is 1. The van der Waals surface area contributed by atoms with Crippen LogP contribution >= 0.6 is 0 Å². The molecule has 102 valence electrons. The minimum absolute atomic E-state index is 0.0618. The number of carbonyl (C=O) groups excluding carboxylic acids is 1. The van der Waals surface area contributed by atoms with Crippen LogP contribution in [0.2, 0.25) is 0 Å². The van der Waals surface area contributed by atoms with Crippen molar-refractivity contribution in [2.45, 2.75) is 32.6 Å². The number of aromatic hydroxyl groups is 1. The molecule has 0 unspecified atom stereocenters. The lowest BCUT2D eigenvalue weighted by molar-refractivity contribution is -0.142. The van der Waals surface area contributed by atoms with E-state index in [9.17, 15) is 19.8 Å². The first-order chi connectivity index (χ1) is 8.91. The van der Waals surface area contributed by atoms with Crippen molar-refractivity contribution in [1.29, 1.82) is 0 Å². The van der Waals surface area contributed by atoms with Crippen molar-refractivity contribution in [3.8, 4) is 5.75 Å². The number of Topliss-reactive ketones (excluding diaryl/α,β-unsaturated/α-hetero) is 1. The molecule has 1 aliphatic rings. The van der Waals surface area contributed by atoms with Gasteiger partial charge in [-0.25, -0.2) is 0 Å². The minimum atomic E-state index is -0.827. The molecular formula is C15H18O4. The predicted octanol–water partition coefficient (Wildman–Crippen LogP) is 2.81. The normalized spacial score (nSPS) is 17.8. The number of ketones is 1. The van der Waals surface area contributed by atoms with E-state index >= 15 is 0 Å². The predicted molar refractivity (Wildman–Crippen MR) is 70.4 cm³/mol. The van der Waals surface area contributed by atoms with Crippen LogP contribution in [0.5, 0.6) is 5.75 Å². The lowest BCUT2D eigenvalue weighted by Gasteiger charge is -2.21. The van der Waals surface area contributed by atoms with Gasteiger partial charge in [0.15, 0.2) is 5.78 Å². The molecule has 0 amide bonds. The molecule has 0 radical (unpaired) electrons. The van der Waals surface area contributed by atoms with Crippen LogP contribution in [0.4, 0.5) is 0 Å². The summed E-state index contributed by atoms with van der Waals surface area (Å²) in [5, 5.41) is 19.1. The van der Waals surface area contributed by atoms with Gasteiger partial charge in [0.2, 0.25) is 0 Å². The zero-order valence-electron chi connectivity index (χ0n) is 11.1. The second-order valence-electron chi connectivity index (χ2n) is 5.32. The maximum atomic E-state index is 11.3. The zero-order valence-corrected chi connectivity index (χ0v) is 11.1. The average Bonchev–Trinajstić information content (AvgIpc) is 3.13. The van der Waals surface area contributed by atoms with Gasteiger partial charge in [-0.1, -0.05) is 13.0 Å². The molecule has 4 nitrogen and oxygen atoms in total. The summed E-state index contributed by atoms with van der Waals surface area (Å²) in [7, 11) is 0. The summed E-state index contributed by atoms with van der Waals surface area (Å²) >= 11 is 0. The van der Waals surface area contributed by atoms with Crippen molar-refractivity contribution in [2.24, 2.45) is 11.8 Å². The van der Waals surface area contributed by atoms with Gasteiger partial charge in [0.25, 0.3) is 0 Å². The molecule has 0 bridgehead atoms. The number of benzene rings is 1. The summed E-state index contributed by atoms with van der Waals surface area (Å²) in [6.07, 6.45) is 2.05. The summed E-state index contributed by atoms with van der Waals surface area (Å²) in [6, 6.07) is 4.88. The molecule has 2 atom stereocenters. The Balaban J connectivity index is 2.35. The largest absolute Gasteiger partial charge is 0.507 e. The van der Waals surface area contributed by atoms with E-state index in [-0.39, 0.29) is 23.0 Å². The summed E-state index contributed by atoms with van der Waals surface area (Å²) in [6.45, 7) is 3.09. The van der Waals surface area contributed by atoms with E-state index in [0.717, 1.165) is 18.4 Å². The lowest BCUT2D eigenvalue weighted by Crippen LogP contribution is -2.20. The number of phenolic OH excluding ortho intramolecular Hbond substituents is 1. The van der Waals surface area contributed by atoms with E-state index in [1.165, 1.54) is 6.92 Å². The third kappa shape index (κ3) is 2.78. The van der Waals surface area contributed by atoms with Crippen LogP contribution in [0.25, 0.3) is 0 Å². The Morgan fingerprint density at radius 3 is 2.37 bits per heavy atom. The number of carboxylic acids is 1. The Morgan fingerprint density at radius 2 is 1.95 bits per heavy atom. The molecule has 2 N–H and O–H groups in total. The van der Waals surface area contributed by atoms with Crippen LogP contribution in [-0.4, -0.2) is 22.0 Å². The molecule has 1 aliphatic carbocycles. The summed E-state index contributed by atoms with van der Waals surface area (Å²) in [4.78, 5) is 22.5. The molecular weight excluding hydrogens is 244 g/mol. The summed E-state index contributed by atoms with van der Waals surface area (Å²) in [5.74, 6) is -1.30.